The van der Waals surface area contributed by atoms with E-state index in [2.05, 4.69) is 24.5 Å². The molecule has 1 heterocycles. The Bertz CT molecular complexity index is 547. The van der Waals surface area contributed by atoms with Crippen LogP contribution in [0.4, 0.5) is 0 Å². The highest BCUT2D eigenvalue weighted by molar-refractivity contribution is 5.95. The van der Waals surface area contributed by atoms with Crippen LogP contribution in [0, 0.1) is 5.41 Å². The van der Waals surface area contributed by atoms with Crippen LogP contribution in [-0.4, -0.2) is 46.4 Å². The fourth-order valence-electron chi connectivity index (χ4n) is 2.89. The topological polar surface area (TPSA) is 68.8 Å². The van der Waals surface area contributed by atoms with Gasteiger partial charge in [-0.25, -0.2) is 0 Å². The monoisotopic (exact) mass is 322 g/mol. The number of hydrogen-bond acceptors (Lipinski definition) is 5. The molecule has 1 amide bonds. The number of benzene rings is 1. The number of methoxy groups -OCH3 is 3. The van der Waals surface area contributed by atoms with E-state index in [1.165, 1.54) is 21.3 Å². The first-order valence-corrected chi connectivity index (χ1v) is 7.74. The Kier molecular flexibility index (Phi) is 5.36. The van der Waals surface area contributed by atoms with Crippen LogP contribution in [0.25, 0.3) is 0 Å². The molecule has 1 saturated heterocycles. The molecule has 0 radical (unpaired) electrons. The summed E-state index contributed by atoms with van der Waals surface area (Å²) in [7, 11) is 4.61. The van der Waals surface area contributed by atoms with Crippen LogP contribution in [0.2, 0.25) is 0 Å². The summed E-state index contributed by atoms with van der Waals surface area (Å²) < 4.78 is 15.9. The minimum atomic E-state index is -0.135. The molecule has 1 unspecified atom stereocenters. The van der Waals surface area contributed by atoms with E-state index >= 15 is 0 Å². The second-order valence-corrected chi connectivity index (χ2v) is 6.39. The summed E-state index contributed by atoms with van der Waals surface area (Å²) in [4.78, 5) is 12.7. The minimum Gasteiger partial charge on any atom is -0.493 e. The van der Waals surface area contributed by atoms with Crippen LogP contribution in [0.15, 0.2) is 12.1 Å². The Morgan fingerprint density at radius 2 is 1.78 bits per heavy atom. The van der Waals surface area contributed by atoms with Crippen molar-refractivity contribution >= 4 is 5.91 Å². The van der Waals surface area contributed by atoms with Crippen LogP contribution < -0.4 is 24.8 Å². The standard InChI is InChI=1S/C17H26N2O4/c1-17(2)10-18-7-6-14(17)19-16(20)11-8-12(21-3)15(23-5)13(9-11)22-4/h8-9,14,18H,6-7,10H2,1-5H3,(H,19,20). The van der Waals surface area contributed by atoms with E-state index in [9.17, 15) is 4.79 Å². The molecular weight excluding hydrogens is 296 g/mol. The number of rotatable bonds is 5. The maximum Gasteiger partial charge on any atom is 0.251 e. The van der Waals surface area contributed by atoms with Gasteiger partial charge in [0.25, 0.3) is 5.91 Å². The van der Waals surface area contributed by atoms with Crippen molar-refractivity contribution in [3.8, 4) is 17.2 Å². The fourth-order valence-corrected chi connectivity index (χ4v) is 2.89. The number of ether oxygens (including phenoxy) is 3. The van der Waals surface area contributed by atoms with E-state index in [4.69, 9.17) is 14.2 Å². The highest BCUT2D eigenvalue weighted by Crippen LogP contribution is 2.38. The Morgan fingerprint density at radius 3 is 2.26 bits per heavy atom. The lowest BCUT2D eigenvalue weighted by molar-refractivity contribution is 0.0868. The third-order valence-corrected chi connectivity index (χ3v) is 4.37. The Hall–Kier alpha value is -1.95. The zero-order valence-corrected chi connectivity index (χ0v) is 14.5. The van der Waals surface area contributed by atoms with E-state index in [1.54, 1.807) is 12.1 Å². The average molecular weight is 322 g/mol. The third-order valence-electron chi connectivity index (χ3n) is 4.37. The molecule has 6 heteroatoms. The maximum atomic E-state index is 12.7. The van der Waals surface area contributed by atoms with E-state index in [0.717, 1.165) is 19.5 Å². The smallest absolute Gasteiger partial charge is 0.251 e. The number of carbonyl (C=O) groups is 1. The van der Waals surface area contributed by atoms with Gasteiger partial charge in [0, 0.05) is 18.2 Å². The van der Waals surface area contributed by atoms with Crippen molar-refractivity contribution in [3.63, 3.8) is 0 Å². The van der Waals surface area contributed by atoms with Crippen molar-refractivity contribution in [3.05, 3.63) is 17.7 Å². The highest BCUT2D eigenvalue weighted by Gasteiger charge is 2.33. The zero-order chi connectivity index (χ0) is 17.0. The lowest BCUT2D eigenvalue weighted by atomic mass is 9.80. The molecule has 0 saturated carbocycles. The molecule has 1 aromatic carbocycles. The molecule has 0 aromatic heterocycles. The van der Waals surface area contributed by atoms with Gasteiger partial charge in [-0.15, -0.1) is 0 Å². The summed E-state index contributed by atoms with van der Waals surface area (Å²) in [5.41, 5.74) is 0.503. The largest absolute Gasteiger partial charge is 0.493 e. The van der Waals surface area contributed by atoms with E-state index < -0.39 is 0 Å². The van der Waals surface area contributed by atoms with Gasteiger partial charge in [0.15, 0.2) is 11.5 Å². The van der Waals surface area contributed by atoms with Crippen LogP contribution in [0.3, 0.4) is 0 Å². The van der Waals surface area contributed by atoms with Gasteiger partial charge in [0.1, 0.15) is 0 Å². The summed E-state index contributed by atoms with van der Waals surface area (Å²) >= 11 is 0. The second kappa shape index (κ2) is 7.08. The Labute approximate surface area is 137 Å². The second-order valence-electron chi connectivity index (χ2n) is 6.39. The van der Waals surface area contributed by atoms with Crippen LogP contribution >= 0.6 is 0 Å². The maximum absolute atomic E-state index is 12.7. The Morgan fingerprint density at radius 1 is 1.17 bits per heavy atom. The summed E-state index contributed by atoms with van der Waals surface area (Å²) in [5, 5.41) is 6.50. The van der Waals surface area contributed by atoms with Crippen molar-refractivity contribution in [2.45, 2.75) is 26.3 Å². The van der Waals surface area contributed by atoms with Crippen molar-refractivity contribution in [2.75, 3.05) is 34.4 Å². The predicted octanol–water partition coefficient (Wildman–Crippen LogP) is 1.83. The Balaban J connectivity index is 2.25. The van der Waals surface area contributed by atoms with Gasteiger partial charge >= 0.3 is 0 Å². The van der Waals surface area contributed by atoms with Crippen LogP contribution in [-0.2, 0) is 0 Å². The molecule has 1 atom stereocenters. The first-order valence-electron chi connectivity index (χ1n) is 7.74. The molecule has 1 aromatic rings. The molecule has 2 N–H and O–H groups in total. The number of piperidine rings is 1. The average Bonchev–Trinajstić information content (AvgIpc) is 2.55. The van der Waals surface area contributed by atoms with E-state index in [0.29, 0.717) is 22.8 Å². The molecule has 6 nitrogen and oxygen atoms in total. The highest BCUT2D eigenvalue weighted by atomic mass is 16.5. The van der Waals surface area contributed by atoms with Gasteiger partial charge in [-0.1, -0.05) is 13.8 Å². The molecule has 0 aliphatic carbocycles. The number of hydrogen-bond donors (Lipinski definition) is 2. The van der Waals surface area contributed by atoms with Gasteiger partial charge in [-0.05, 0) is 30.5 Å². The SMILES string of the molecule is COc1cc(C(=O)NC2CCNCC2(C)C)cc(OC)c1OC. The number of amides is 1. The first kappa shape index (κ1) is 17.4. The predicted molar refractivity (Wildman–Crippen MR) is 88.6 cm³/mol. The van der Waals surface area contributed by atoms with E-state index in [1.807, 2.05) is 0 Å². The third kappa shape index (κ3) is 3.69. The fraction of sp³-hybridized carbons (Fsp3) is 0.588. The first-order chi connectivity index (χ1) is 10.9. The molecule has 1 aliphatic rings. The molecule has 128 valence electrons. The lowest BCUT2D eigenvalue weighted by Gasteiger charge is -2.39. The van der Waals surface area contributed by atoms with Crippen LogP contribution in [0.1, 0.15) is 30.6 Å². The van der Waals surface area contributed by atoms with Crippen LogP contribution in [0.5, 0.6) is 17.2 Å². The molecule has 1 aliphatic heterocycles. The van der Waals surface area contributed by atoms with Gasteiger partial charge in [0.2, 0.25) is 5.75 Å². The summed E-state index contributed by atoms with van der Waals surface area (Å²) in [5.74, 6) is 1.29. The zero-order valence-electron chi connectivity index (χ0n) is 14.5. The molecule has 2 rings (SSSR count). The molecule has 0 bridgehead atoms. The summed E-state index contributed by atoms with van der Waals surface area (Å²) in [6, 6.07) is 3.46. The van der Waals surface area contributed by atoms with Gasteiger partial charge in [-0.3, -0.25) is 4.79 Å². The minimum absolute atomic E-state index is 0.00849. The normalized spacial score (nSPS) is 19.8. The molecular formula is C17H26N2O4. The van der Waals surface area contributed by atoms with Crippen molar-refractivity contribution in [1.82, 2.24) is 10.6 Å². The van der Waals surface area contributed by atoms with Crippen molar-refractivity contribution in [1.29, 1.82) is 0 Å². The van der Waals surface area contributed by atoms with E-state index in [-0.39, 0.29) is 17.4 Å². The van der Waals surface area contributed by atoms with Crippen molar-refractivity contribution in [2.24, 2.45) is 5.41 Å². The molecule has 23 heavy (non-hydrogen) atoms. The quantitative estimate of drug-likeness (QED) is 0.865. The lowest BCUT2D eigenvalue weighted by Crippen LogP contribution is -2.54. The number of carbonyl (C=O) groups excluding carboxylic acids is 1. The molecule has 0 spiro atoms. The molecule has 1 fully saturated rings. The number of nitrogens with one attached hydrogen (secondary N) is 2. The van der Waals surface area contributed by atoms with Gasteiger partial charge < -0.3 is 24.8 Å². The van der Waals surface area contributed by atoms with Crippen molar-refractivity contribution < 1.29 is 19.0 Å². The summed E-state index contributed by atoms with van der Waals surface area (Å²) in [6.45, 7) is 6.09. The van der Waals surface area contributed by atoms with Gasteiger partial charge in [-0.2, -0.15) is 0 Å². The van der Waals surface area contributed by atoms with Gasteiger partial charge in [0.05, 0.1) is 21.3 Å². The summed E-state index contributed by atoms with van der Waals surface area (Å²) in [6.07, 6.45) is 0.906.